The van der Waals surface area contributed by atoms with Gasteiger partial charge >= 0.3 is 0 Å². The number of rotatable bonds is 6. The van der Waals surface area contributed by atoms with Crippen molar-refractivity contribution in [3.8, 4) is 5.75 Å². The zero-order chi connectivity index (χ0) is 17.8. The van der Waals surface area contributed by atoms with E-state index in [0.717, 1.165) is 47.4 Å². The minimum atomic E-state index is 0.217. The summed E-state index contributed by atoms with van der Waals surface area (Å²) in [6.07, 6.45) is 2.41. The van der Waals surface area contributed by atoms with Gasteiger partial charge in [-0.15, -0.1) is 0 Å². The van der Waals surface area contributed by atoms with Crippen molar-refractivity contribution in [1.82, 2.24) is 4.98 Å². The van der Waals surface area contributed by atoms with Crippen LogP contribution in [-0.4, -0.2) is 24.3 Å². The molecule has 2 heterocycles. The van der Waals surface area contributed by atoms with Gasteiger partial charge in [-0.25, -0.2) is 4.98 Å². The van der Waals surface area contributed by atoms with Crippen LogP contribution >= 0.6 is 11.6 Å². The molecule has 1 saturated heterocycles. The van der Waals surface area contributed by atoms with Gasteiger partial charge < -0.3 is 14.8 Å². The number of halogens is 1. The van der Waals surface area contributed by atoms with Crippen molar-refractivity contribution in [2.75, 3.05) is 18.5 Å². The smallest absolute Gasteiger partial charge is 0.134 e. The number of hydrogen-bond acceptors (Lipinski definition) is 4. The normalized spacial score (nSPS) is 16.7. The molecule has 26 heavy (non-hydrogen) atoms. The summed E-state index contributed by atoms with van der Waals surface area (Å²) in [5.41, 5.74) is 2.86. The van der Waals surface area contributed by atoms with Gasteiger partial charge in [0.25, 0.3) is 0 Å². The van der Waals surface area contributed by atoms with E-state index in [9.17, 15) is 0 Å². The number of pyridine rings is 1. The number of nitrogens with one attached hydrogen (secondary N) is 1. The van der Waals surface area contributed by atoms with E-state index < -0.39 is 0 Å². The van der Waals surface area contributed by atoms with E-state index in [-0.39, 0.29) is 6.10 Å². The quantitative estimate of drug-likeness (QED) is 0.618. The molecule has 1 aromatic heterocycles. The average molecular weight is 369 g/mol. The fourth-order valence-corrected chi connectivity index (χ4v) is 3.33. The number of para-hydroxylation sites is 1. The van der Waals surface area contributed by atoms with Crippen molar-refractivity contribution in [3.63, 3.8) is 0 Å². The van der Waals surface area contributed by atoms with Gasteiger partial charge in [0.15, 0.2) is 0 Å². The Morgan fingerprint density at radius 1 is 1.15 bits per heavy atom. The molecule has 0 radical (unpaired) electrons. The van der Waals surface area contributed by atoms with Gasteiger partial charge in [0, 0.05) is 35.9 Å². The number of fused-ring (bicyclic) bond motifs is 1. The molecule has 0 spiro atoms. The van der Waals surface area contributed by atoms with Crippen molar-refractivity contribution < 1.29 is 9.47 Å². The fraction of sp³-hybridized carbons (Fsp3) is 0.286. The second kappa shape index (κ2) is 7.94. The standard InChI is InChI=1S/C21H21ClN2O2/c22-21-16(11-15-5-1-2-9-20(15)24-21)13-23-17-6-3-7-18(12-17)26-14-19-8-4-10-25-19/h1-3,5-7,9,11-12,19,23H,4,8,10,13-14H2/t19-/m1/s1. The number of benzene rings is 2. The van der Waals surface area contributed by atoms with Crippen LogP contribution in [0.25, 0.3) is 10.9 Å². The topological polar surface area (TPSA) is 43.4 Å². The number of anilines is 1. The Labute approximate surface area is 158 Å². The van der Waals surface area contributed by atoms with E-state index in [1.807, 2.05) is 48.5 Å². The van der Waals surface area contributed by atoms with Gasteiger partial charge in [-0.3, -0.25) is 0 Å². The molecule has 1 atom stereocenters. The van der Waals surface area contributed by atoms with E-state index in [1.54, 1.807) is 0 Å². The van der Waals surface area contributed by atoms with Crippen LogP contribution in [0.15, 0.2) is 54.6 Å². The number of hydrogen-bond donors (Lipinski definition) is 1. The zero-order valence-electron chi connectivity index (χ0n) is 14.5. The van der Waals surface area contributed by atoms with Crippen LogP contribution in [0, 0.1) is 0 Å². The monoisotopic (exact) mass is 368 g/mol. The second-order valence-electron chi connectivity index (χ2n) is 6.46. The van der Waals surface area contributed by atoms with Crippen LogP contribution in [0.2, 0.25) is 5.15 Å². The highest BCUT2D eigenvalue weighted by molar-refractivity contribution is 6.30. The fourth-order valence-electron chi connectivity index (χ4n) is 3.12. The molecule has 0 saturated carbocycles. The number of nitrogens with zero attached hydrogens (tertiary/aromatic N) is 1. The Bertz CT molecular complexity index is 894. The minimum absolute atomic E-state index is 0.217. The molecule has 0 aliphatic carbocycles. The Morgan fingerprint density at radius 2 is 2.08 bits per heavy atom. The first-order chi connectivity index (χ1) is 12.8. The molecule has 4 rings (SSSR count). The lowest BCUT2D eigenvalue weighted by atomic mass is 10.1. The molecule has 5 heteroatoms. The third-order valence-corrected chi connectivity index (χ3v) is 4.85. The van der Waals surface area contributed by atoms with Gasteiger partial charge in [-0.1, -0.05) is 35.9 Å². The Kier molecular flexibility index (Phi) is 5.23. The summed E-state index contributed by atoms with van der Waals surface area (Å²) in [6, 6.07) is 18.0. The molecule has 134 valence electrons. The van der Waals surface area contributed by atoms with Crippen LogP contribution in [0.3, 0.4) is 0 Å². The van der Waals surface area contributed by atoms with Gasteiger partial charge in [-0.2, -0.15) is 0 Å². The summed E-state index contributed by atoms with van der Waals surface area (Å²) in [4.78, 5) is 4.47. The zero-order valence-corrected chi connectivity index (χ0v) is 15.2. The van der Waals surface area contributed by atoms with Crippen molar-refractivity contribution >= 4 is 28.2 Å². The summed E-state index contributed by atoms with van der Waals surface area (Å²) in [7, 11) is 0. The molecule has 0 amide bonds. The number of aromatic nitrogens is 1. The third-order valence-electron chi connectivity index (χ3n) is 4.53. The maximum atomic E-state index is 6.33. The summed E-state index contributed by atoms with van der Waals surface area (Å²) in [5.74, 6) is 0.841. The Hall–Kier alpha value is -2.30. The van der Waals surface area contributed by atoms with E-state index >= 15 is 0 Å². The summed E-state index contributed by atoms with van der Waals surface area (Å²) < 4.78 is 11.5. The van der Waals surface area contributed by atoms with Crippen LogP contribution in [0.1, 0.15) is 18.4 Å². The maximum absolute atomic E-state index is 6.33. The van der Waals surface area contributed by atoms with Gasteiger partial charge in [0.1, 0.15) is 17.5 Å². The molecular weight excluding hydrogens is 348 g/mol. The molecule has 1 aliphatic rings. The van der Waals surface area contributed by atoms with Gasteiger partial charge in [0.05, 0.1) is 11.6 Å². The highest BCUT2D eigenvalue weighted by atomic mass is 35.5. The van der Waals surface area contributed by atoms with Crippen molar-refractivity contribution in [2.45, 2.75) is 25.5 Å². The Balaban J connectivity index is 1.41. The van der Waals surface area contributed by atoms with Gasteiger partial charge in [-0.05, 0) is 37.1 Å². The number of ether oxygens (including phenoxy) is 2. The van der Waals surface area contributed by atoms with Gasteiger partial charge in [0.2, 0.25) is 0 Å². The predicted molar refractivity (Wildman–Crippen MR) is 105 cm³/mol. The van der Waals surface area contributed by atoms with Crippen LogP contribution < -0.4 is 10.1 Å². The van der Waals surface area contributed by atoms with Crippen LogP contribution in [0.5, 0.6) is 5.75 Å². The summed E-state index contributed by atoms with van der Waals surface area (Å²) in [6.45, 7) is 2.05. The van der Waals surface area contributed by atoms with E-state index in [1.165, 1.54) is 0 Å². The highest BCUT2D eigenvalue weighted by Gasteiger charge is 2.16. The summed E-state index contributed by atoms with van der Waals surface area (Å²) >= 11 is 6.33. The molecule has 2 aromatic carbocycles. The summed E-state index contributed by atoms with van der Waals surface area (Å²) in [5, 5.41) is 5.01. The second-order valence-corrected chi connectivity index (χ2v) is 6.82. The molecular formula is C21H21ClN2O2. The van der Waals surface area contributed by atoms with E-state index in [4.69, 9.17) is 21.1 Å². The first-order valence-corrected chi connectivity index (χ1v) is 9.28. The first kappa shape index (κ1) is 17.1. The third kappa shape index (κ3) is 4.09. The highest BCUT2D eigenvalue weighted by Crippen LogP contribution is 2.23. The molecule has 1 N–H and O–H groups in total. The molecule has 1 fully saturated rings. The van der Waals surface area contributed by atoms with Crippen molar-refractivity contribution in [2.24, 2.45) is 0 Å². The lowest BCUT2D eigenvalue weighted by Gasteiger charge is -2.13. The van der Waals surface area contributed by atoms with Crippen LogP contribution in [0.4, 0.5) is 5.69 Å². The van der Waals surface area contributed by atoms with E-state index in [0.29, 0.717) is 18.3 Å². The molecule has 0 bridgehead atoms. The molecule has 0 unspecified atom stereocenters. The van der Waals surface area contributed by atoms with Crippen LogP contribution in [-0.2, 0) is 11.3 Å². The largest absolute Gasteiger partial charge is 0.491 e. The lowest BCUT2D eigenvalue weighted by Crippen LogP contribution is -2.16. The maximum Gasteiger partial charge on any atom is 0.134 e. The Morgan fingerprint density at radius 3 is 2.96 bits per heavy atom. The lowest BCUT2D eigenvalue weighted by molar-refractivity contribution is 0.0680. The minimum Gasteiger partial charge on any atom is -0.491 e. The van der Waals surface area contributed by atoms with Crippen molar-refractivity contribution in [1.29, 1.82) is 0 Å². The molecule has 4 nitrogen and oxygen atoms in total. The predicted octanol–water partition coefficient (Wildman–Crippen LogP) is 5.06. The van der Waals surface area contributed by atoms with E-state index in [2.05, 4.69) is 16.4 Å². The van der Waals surface area contributed by atoms with Crippen molar-refractivity contribution in [3.05, 3.63) is 65.3 Å². The first-order valence-electron chi connectivity index (χ1n) is 8.90. The molecule has 3 aromatic rings. The molecule has 1 aliphatic heterocycles. The average Bonchev–Trinajstić information content (AvgIpc) is 3.19. The SMILES string of the molecule is Clc1nc2ccccc2cc1CNc1cccc(OC[C@H]2CCCO2)c1.